The standard InChI is InChI=1S/C17H15ClFNO3/c1-10-5-3-4-6-13(10)17(22)23-11(2)16(21)20-15-8-7-12(19)9-14(15)18/h3-9,11H,1-2H3,(H,20,21). The molecule has 0 aromatic heterocycles. The van der Waals surface area contributed by atoms with E-state index >= 15 is 0 Å². The quantitative estimate of drug-likeness (QED) is 0.860. The first kappa shape index (κ1) is 17.0. The van der Waals surface area contributed by atoms with E-state index in [0.29, 0.717) is 5.56 Å². The van der Waals surface area contributed by atoms with Crippen molar-refractivity contribution in [3.63, 3.8) is 0 Å². The Labute approximate surface area is 138 Å². The van der Waals surface area contributed by atoms with Crippen LogP contribution in [0, 0.1) is 12.7 Å². The molecule has 0 aliphatic heterocycles. The molecule has 0 radical (unpaired) electrons. The fraction of sp³-hybridized carbons (Fsp3) is 0.176. The summed E-state index contributed by atoms with van der Waals surface area (Å²) >= 11 is 5.84. The molecule has 0 aliphatic rings. The van der Waals surface area contributed by atoms with Gasteiger partial charge in [0.2, 0.25) is 0 Å². The summed E-state index contributed by atoms with van der Waals surface area (Å²) in [6.45, 7) is 3.22. The second-order valence-corrected chi connectivity index (χ2v) is 5.38. The molecule has 4 nitrogen and oxygen atoms in total. The lowest BCUT2D eigenvalue weighted by atomic mass is 10.1. The molecule has 120 valence electrons. The first-order valence-corrected chi connectivity index (χ1v) is 7.29. The highest BCUT2D eigenvalue weighted by atomic mass is 35.5. The zero-order valence-electron chi connectivity index (χ0n) is 12.6. The highest BCUT2D eigenvalue weighted by Crippen LogP contribution is 2.22. The second-order valence-electron chi connectivity index (χ2n) is 4.98. The maximum atomic E-state index is 13.0. The highest BCUT2D eigenvalue weighted by Gasteiger charge is 2.20. The summed E-state index contributed by atoms with van der Waals surface area (Å²) in [5, 5.41) is 2.56. The van der Waals surface area contributed by atoms with Gasteiger partial charge >= 0.3 is 5.97 Å². The monoisotopic (exact) mass is 335 g/mol. The Morgan fingerprint density at radius 1 is 1.22 bits per heavy atom. The van der Waals surface area contributed by atoms with Crippen LogP contribution in [-0.2, 0) is 9.53 Å². The maximum Gasteiger partial charge on any atom is 0.339 e. The number of carbonyl (C=O) groups is 2. The number of halogens is 2. The Balaban J connectivity index is 2.03. The van der Waals surface area contributed by atoms with Gasteiger partial charge in [-0.1, -0.05) is 29.8 Å². The van der Waals surface area contributed by atoms with E-state index in [1.165, 1.54) is 19.1 Å². The fourth-order valence-electron chi connectivity index (χ4n) is 1.90. The van der Waals surface area contributed by atoms with Gasteiger partial charge in [-0.25, -0.2) is 9.18 Å². The maximum absolute atomic E-state index is 13.0. The van der Waals surface area contributed by atoms with Crippen molar-refractivity contribution in [1.29, 1.82) is 0 Å². The van der Waals surface area contributed by atoms with Crippen molar-refractivity contribution in [1.82, 2.24) is 0 Å². The molecular formula is C17H15ClFNO3. The molecule has 0 spiro atoms. The summed E-state index contributed by atoms with van der Waals surface area (Å²) in [5.41, 5.74) is 1.40. The zero-order chi connectivity index (χ0) is 17.0. The minimum atomic E-state index is -1.02. The van der Waals surface area contributed by atoms with Gasteiger partial charge in [0.1, 0.15) is 5.82 Å². The van der Waals surface area contributed by atoms with E-state index in [-0.39, 0.29) is 10.7 Å². The molecule has 0 saturated carbocycles. The highest BCUT2D eigenvalue weighted by molar-refractivity contribution is 6.33. The van der Waals surface area contributed by atoms with Crippen molar-refractivity contribution in [2.24, 2.45) is 0 Å². The molecule has 2 aromatic rings. The normalized spacial score (nSPS) is 11.7. The van der Waals surface area contributed by atoms with Gasteiger partial charge in [-0.05, 0) is 43.7 Å². The molecule has 6 heteroatoms. The van der Waals surface area contributed by atoms with Crippen LogP contribution in [0.2, 0.25) is 5.02 Å². The Hall–Kier alpha value is -2.40. The summed E-state index contributed by atoms with van der Waals surface area (Å²) in [5.74, 6) is -1.65. The van der Waals surface area contributed by atoms with Crippen LogP contribution < -0.4 is 5.32 Å². The van der Waals surface area contributed by atoms with Gasteiger partial charge in [0.05, 0.1) is 16.3 Å². The number of aryl methyl sites for hydroxylation is 1. The third kappa shape index (κ3) is 4.29. The zero-order valence-corrected chi connectivity index (χ0v) is 13.4. The first-order valence-electron chi connectivity index (χ1n) is 6.91. The Morgan fingerprint density at radius 3 is 2.57 bits per heavy atom. The van der Waals surface area contributed by atoms with Crippen molar-refractivity contribution in [3.8, 4) is 0 Å². The molecule has 2 rings (SSSR count). The number of hydrogen-bond donors (Lipinski definition) is 1. The average Bonchev–Trinajstić information content (AvgIpc) is 2.50. The number of rotatable bonds is 4. The van der Waals surface area contributed by atoms with Gasteiger partial charge in [0.15, 0.2) is 6.10 Å². The molecule has 23 heavy (non-hydrogen) atoms. The number of ether oxygens (including phenoxy) is 1. The molecular weight excluding hydrogens is 321 g/mol. The van der Waals surface area contributed by atoms with E-state index in [1.807, 2.05) is 0 Å². The first-order chi connectivity index (χ1) is 10.9. The summed E-state index contributed by atoms with van der Waals surface area (Å²) < 4.78 is 18.1. The van der Waals surface area contributed by atoms with E-state index < -0.39 is 23.8 Å². The molecule has 1 unspecified atom stereocenters. The largest absolute Gasteiger partial charge is 0.449 e. The summed E-state index contributed by atoms with van der Waals surface area (Å²) in [4.78, 5) is 24.1. The Morgan fingerprint density at radius 2 is 1.91 bits per heavy atom. The number of anilines is 1. The Kier molecular flexibility index (Phi) is 5.34. The molecule has 0 fully saturated rings. The summed E-state index contributed by atoms with van der Waals surface area (Å²) in [6, 6.07) is 10.5. The molecule has 0 aliphatic carbocycles. The molecule has 0 bridgehead atoms. The number of hydrogen-bond acceptors (Lipinski definition) is 3. The van der Waals surface area contributed by atoms with E-state index in [2.05, 4.69) is 5.32 Å². The van der Waals surface area contributed by atoms with E-state index in [0.717, 1.165) is 11.6 Å². The minimum Gasteiger partial charge on any atom is -0.449 e. The predicted octanol–water partition coefficient (Wildman–Crippen LogP) is 3.97. The van der Waals surface area contributed by atoms with E-state index in [9.17, 15) is 14.0 Å². The van der Waals surface area contributed by atoms with Gasteiger partial charge < -0.3 is 10.1 Å². The van der Waals surface area contributed by atoms with Crippen LogP contribution in [0.15, 0.2) is 42.5 Å². The van der Waals surface area contributed by atoms with Gasteiger partial charge in [0.25, 0.3) is 5.91 Å². The predicted molar refractivity (Wildman–Crippen MR) is 86.1 cm³/mol. The Bertz CT molecular complexity index is 748. The number of esters is 1. The van der Waals surface area contributed by atoms with Crippen LogP contribution in [-0.4, -0.2) is 18.0 Å². The lowest BCUT2D eigenvalue weighted by Crippen LogP contribution is -2.30. The van der Waals surface area contributed by atoms with Gasteiger partial charge in [-0.3, -0.25) is 4.79 Å². The second kappa shape index (κ2) is 7.24. The molecule has 0 heterocycles. The van der Waals surface area contributed by atoms with Crippen LogP contribution >= 0.6 is 11.6 Å². The average molecular weight is 336 g/mol. The molecule has 1 N–H and O–H groups in total. The number of carbonyl (C=O) groups excluding carboxylic acids is 2. The van der Waals surface area contributed by atoms with Gasteiger partial charge in [-0.2, -0.15) is 0 Å². The lowest BCUT2D eigenvalue weighted by Gasteiger charge is -2.15. The van der Waals surface area contributed by atoms with Crippen molar-refractivity contribution < 1.29 is 18.7 Å². The fourth-order valence-corrected chi connectivity index (χ4v) is 2.12. The number of amides is 1. The third-order valence-corrected chi connectivity index (χ3v) is 3.52. The molecule has 0 saturated heterocycles. The number of nitrogens with one attached hydrogen (secondary N) is 1. The minimum absolute atomic E-state index is 0.0655. The summed E-state index contributed by atoms with van der Waals surface area (Å²) in [7, 11) is 0. The van der Waals surface area contributed by atoms with Crippen LogP contribution in [0.3, 0.4) is 0 Å². The van der Waals surface area contributed by atoms with Crippen molar-refractivity contribution in [2.45, 2.75) is 20.0 Å². The van der Waals surface area contributed by atoms with Crippen molar-refractivity contribution in [2.75, 3.05) is 5.32 Å². The molecule has 2 aromatic carbocycles. The van der Waals surface area contributed by atoms with Crippen LogP contribution in [0.25, 0.3) is 0 Å². The van der Waals surface area contributed by atoms with Gasteiger partial charge in [0, 0.05) is 0 Å². The number of benzene rings is 2. The van der Waals surface area contributed by atoms with Gasteiger partial charge in [-0.15, -0.1) is 0 Å². The molecule has 1 amide bonds. The lowest BCUT2D eigenvalue weighted by molar-refractivity contribution is -0.123. The smallest absolute Gasteiger partial charge is 0.339 e. The van der Waals surface area contributed by atoms with Crippen molar-refractivity contribution >= 4 is 29.2 Å². The summed E-state index contributed by atoms with van der Waals surface area (Å²) in [6.07, 6.45) is -1.02. The SMILES string of the molecule is Cc1ccccc1C(=O)OC(C)C(=O)Nc1ccc(F)cc1Cl. The third-order valence-electron chi connectivity index (χ3n) is 3.21. The van der Waals surface area contributed by atoms with Crippen molar-refractivity contribution in [3.05, 3.63) is 64.4 Å². The molecule has 1 atom stereocenters. The van der Waals surface area contributed by atoms with Crippen LogP contribution in [0.4, 0.5) is 10.1 Å². The van der Waals surface area contributed by atoms with Crippen LogP contribution in [0.1, 0.15) is 22.8 Å². The van der Waals surface area contributed by atoms with E-state index in [4.69, 9.17) is 16.3 Å². The van der Waals surface area contributed by atoms with Crippen LogP contribution in [0.5, 0.6) is 0 Å². The van der Waals surface area contributed by atoms with E-state index in [1.54, 1.807) is 31.2 Å². The topological polar surface area (TPSA) is 55.4 Å².